The number of hydrogen-bond acceptors (Lipinski definition) is 3. The van der Waals surface area contributed by atoms with Gasteiger partial charge in [0.25, 0.3) is 0 Å². The van der Waals surface area contributed by atoms with Crippen LogP contribution in [0.15, 0.2) is 0 Å². The van der Waals surface area contributed by atoms with Crippen LogP contribution in [0.2, 0.25) is 0 Å². The van der Waals surface area contributed by atoms with Crippen molar-refractivity contribution in [1.29, 1.82) is 0 Å². The summed E-state index contributed by atoms with van der Waals surface area (Å²) >= 11 is 0. The lowest BCUT2D eigenvalue weighted by Gasteiger charge is -2.29. The predicted molar refractivity (Wildman–Crippen MR) is 72.1 cm³/mol. The third-order valence-electron chi connectivity index (χ3n) is 3.28. The first-order chi connectivity index (χ1) is 8.18. The molecule has 0 aromatic heterocycles. The average Bonchev–Trinajstić information content (AvgIpc) is 2.43. The highest BCUT2D eigenvalue weighted by atomic mass is 16.5. The maximum atomic E-state index is 11.8. The highest BCUT2D eigenvalue weighted by Gasteiger charge is 2.46. The lowest BCUT2D eigenvalue weighted by atomic mass is 9.94. The molecule has 1 rings (SSSR count). The fourth-order valence-electron chi connectivity index (χ4n) is 2.49. The smallest absolute Gasteiger partial charge is 0.237 e. The molecule has 0 bridgehead atoms. The predicted octanol–water partition coefficient (Wildman–Crippen LogP) is 1.06. The maximum Gasteiger partial charge on any atom is 0.237 e. The average molecular weight is 252 g/mol. The van der Waals surface area contributed by atoms with Crippen LogP contribution in [0.1, 0.15) is 41.0 Å². The van der Waals surface area contributed by atoms with Gasteiger partial charge in [0.05, 0.1) is 23.8 Å². The minimum atomic E-state index is -0.278. The van der Waals surface area contributed by atoms with E-state index in [9.17, 15) is 4.79 Å². The summed E-state index contributed by atoms with van der Waals surface area (Å²) in [5.74, 6) is 2.32. The van der Waals surface area contributed by atoms with Gasteiger partial charge in [0.15, 0.2) is 0 Å². The van der Waals surface area contributed by atoms with Gasteiger partial charge in [0, 0.05) is 6.04 Å². The first kappa shape index (κ1) is 15.0. The van der Waals surface area contributed by atoms with Crippen molar-refractivity contribution in [3.8, 4) is 12.3 Å². The molecule has 102 valence electrons. The molecule has 0 aliphatic carbocycles. The first-order valence-electron chi connectivity index (χ1n) is 6.35. The number of rotatable bonds is 4. The normalized spacial score (nSPS) is 26.3. The van der Waals surface area contributed by atoms with Crippen molar-refractivity contribution in [3.05, 3.63) is 0 Å². The largest absolute Gasteiger partial charge is 0.368 e. The second-order valence-electron chi connectivity index (χ2n) is 6.03. The molecule has 1 fully saturated rings. The van der Waals surface area contributed by atoms with Gasteiger partial charge in [-0.3, -0.25) is 4.79 Å². The van der Waals surface area contributed by atoms with E-state index in [2.05, 4.69) is 30.4 Å². The highest BCUT2D eigenvalue weighted by Crippen LogP contribution is 2.37. The Morgan fingerprint density at radius 1 is 1.50 bits per heavy atom. The van der Waals surface area contributed by atoms with E-state index in [1.54, 1.807) is 0 Å². The summed E-state index contributed by atoms with van der Waals surface area (Å²) in [6.07, 6.45) is 6.00. The zero-order valence-electron chi connectivity index (χ0n) is 12.0. The molecule has 1 aliphatic heterocycles. The SMILES string of the molecule is C#CCNC(=O)[C@H](C)N[C@@H]1CC(C)(C)OC1(C)C. The molecule has 0 unspecified atom stereocenters. The van der Waals surface area contributed by atoms with Gasteiger partial charge in [-0.25, -0.2) is 0 Å². The molecular formula is C14H24N2O2. The molecule has 0 saturated carbocycles. The topological polar surface area (TPSA) is 50.4 Å². The van der Waals surface area contributed by atoms with Crippen molar-refractivity contribution >= 4 is 5.91 Å². The van der Waals surface area contributed by atoms with E-state index >= 15 is 0 Å². The molecule has 2 N–H and O–H groups in total. The van der Waals surface area contributed by atoms with Gasteiger partial charge < -0.3 is 15.4 Å². The molecule has 1 heterocycles. The number of hydrogen-bond donors (Lipinski definition) is 2. The summed E-state index contributed by atoms with van der Waals surface area (Å²) < 4.78 is 5.98. The summed E-state index contributed by atoms with van der Waals surface area (Å²) in [7, 11) is 0. The Morgan fingerprint density at radius 3 is 2.56 bits per heavy atom. The fraction of sp³-hybridized carbons (Fsp3) is 0.786. The van der Waals surface area contributed by atoms with Gasteiger partial charge in [-0.15, -0.1) is 6.42 Å². The standard InChI is InChI=1S/C14H24N2O2/c1-7-8-15-12(17)10(2)16-11-9-13(3,4)18-14(11,5)6/h1,10-11,16H,8-9H2,2-6H3,(H,15,17)/t10-,11+/m0/s1. The summed E-state index contributed by atoms with van der Waals surface area (Å²) in [4.78, 5) is 11.8. The van der Waals surface area contributed by atoms with Crippen molar-refractivity contribution in [2.45, 2.75) is 64.3 Å². The fourth-order valence-corrected chi connectivity index (χ4v) is 2.49. The third kappa shape index (κ3) is 3.72. The lowest BCUT2D eigenvalue weighted by Crippen LogP contribution is -2.52. The molecule has 4 heteroatoms. The van der Waals surface area contributed by atoms with Crippen LogP contribution in [0.25, 0.3) is 0 Å². The third-order valence-corrected chi connectivity index (χ3v) is 3.28. The zero-order valence-corrected chi connectivity index (χ0v) is 12.0. The first-order valence-corrected chi connectivity index (χ1v) is 6.35. The van der Waals surface area contributed by atoms with Gasteiger partial charge in [0.2, 0.25) is 5.91 Å². The van der Waals surface area contributed by atoms with Gasteiger partial charge in [-0.2, -0.15) is 0 Å². The van der Waals surface area contributed by atoms with Gasteiger partial charge in [0.1, 0.15) is 0 Å². The molecule has 0 aromatic rings. The van der Waals surface area contributed by atoms with Crippen LogP contribution in [0.5, 0.6) is 0 Å². The molecule has 1 saturated heterocycles. The van der Waals surface area contributed by atoms with Crippen LogP contribution >= 0.6 is 0 Å². The lowest BCUT2D eigenvalue weighted by molar-refractivity contribution is -0.123. The Balaban J connectivity index is 2.57. The molecule has 0 aromatic carbocycles. The van der Waals surface area contributed by atoms with E-state index in [1.165, 1.54) is 0 Å². The van der Waals surface area contributed by atoms with Crippen LogP contribution in [-0.4, -0.2) is 35.7 Å². The molecule has 0 spiro atoms. The Bertz CT molecular complexity index is 355. The van der Waals surface area contributed by atoms with Crippen LogP contribution in [-0.2, 0) is 9.53 Å². The number of carbonyl (C=O) groups excluding carboxylic acids is 1. The number of carbonyl (C=O) groups is 1. The molecule has 4 nitrogen and oxygen atoms in total. The van der Waals surface area contributed by atoms with Gasteiger partial charge in [-0.05, 0) is 41.0 Å². The summed E-state index contributed by atoms with van der Waals surface area (Å²) in [5.41, 5.74) is -0.430. The van der Waals surface area contributed by atoms with E-state index < -0.39 is 0 Å². The van der Waals surface area contributed by atoms with Crippen LogP contribution in [0.3, 0.4) is 0 Å². The van der Waals surface area contributed by atoms with E-state index in [-0.39, 0.29) is 35.7 Å². The minimum Gasteiger partial charge on any atom is -0.368 e. The van der Waals surface area contributed by atoms with Crippen LogP contribution < -0.4 is 10.6 Å². The molecule has 1 amide bonds. The number of amides is 1. The zero-order chi connectivity index (χ0) is 14.0. The second kappa shape index (κ2) is 5.29. The molecule has 1 aliphatic rings. The van der Waals surface area contributed by atoms with Crippen molar-refractivity contribution < 1.29 is 9.53 Å². The Labute approximate surface area is 110 Å². The Morgan fingerprint density at radius 2 is 2.11 bits per heavy atom. The van der Waals surface area contributed by atoms with Crippen molar-refractivity contribution in [2.75, 3.05) is 6.54 Å². The van der Waals surface area contributed by atoms with Crippen LogP contribution in [0.4, 0.5) is 0 Å². The van der Waals surface area contributed by atoms with Gasteiger partial charge in [-0.1, -0.05) is 5.92 Å². The van der Waals surface area contributed by atoms with E-state index in [0.717, 1.165) is 6.42 Å². The summed E-state index contributed by atoms with van der Waals surface area (Å²) in [5, 5.41) is 6.00. The monoisotopic (exact) mass is 252 g/mol. The minimum absolute atomic E-state index is 0.0755. The van der Waals surface area contributed by atoms with Crippen molar-refractivity contribution in [2.24, 2.45) is 0 Å². The molecule has 0 radical (unpaired) electrons. The number of nitrogens with one attached hydrogen (secondary N) is 2. The number of terminal acetylenes is 1. The highest BCUT2D eigenvalue weighted by molar-refractivity contribution is 5.81. The number of ether oxygens (including phenoxy) is 1. The van der Waals surface area contributed by atoms with Crippen molar-refractivity contribution in [3.63, 3.8) is 0 Å². The van der Waals surface area contributed by atoms with E-state index in [0.29, 0.717) is 0 Å². The Kier molecular flexibility index (Phi) is 4.41. The van der Waals surface area contributed by atoms with Gasteiger partial charge >= 0.3 is 0 Å². The van der Waals surface area contributed by atoms with E-state index in [4.69, 9.17) is 11.2 Å². The maximum absolute atomic E-state index is 11.8. The molecular weight excluding hydrogens is 228 g/mol. The Hall–Kier alpha value is -1.05. The van der Waals surface area contributed by atoms with E-state index in [1.807, 2.05) is 20.8 Å². The van der Waals surface area contributed by atoms with Crippen LogP contribution in [0, 0.1) is 12.3 Å². The molecule has 2 atom stereocenters. The summed E-state index contributed by atoms with van der Waals surface area (Å²) in [6.45, 7) is 10.3. The second-order valence-corrected chi connectivity index (χ2v) is 6.03. The molecule has 18 heavy (non-hydrogen) atoms. The van der Waals surface area contributed by atoms with Crippen molar-refractivity contribution in [1.82, 2.24) is 10.6 Å². The quantitative estimate of drug-likeness (QED) is 0.736. The summed E-state index contributed by atoms with van der Waals surface area (Å²) in [6, 6.07) is -0.126.